The van der Waals surface area contributed by atoms with Crippen LogP contribution in [0.1, 0.15) is 20.3 Å². The van der Waals surface area contributed by atoms with Crippen LogP contribution < -0.4 is 15.0 Å². The highest BCUT2D eigenvalue weighted by atomic mass is 16.5. The van der Waals surface area contributed by atoms with E-state index in [0.717, 1.165) is 43.8 Å². The first kappa shape index (κ1) is 12.7. The van der Waals surface area contributed by atoms with Crippen LogP contribution in [-0.2, 0) is 0 Å². The van der Waals surface area contributed by atoms with Crippen molar-refractivity contribution in [2.75, 3.05) is 31.1 Å². The second-order valence-corrected chi connectivity index (χ2v) is 6.08. The van der Waals surface area contributed by atoms with Crippen LogP contribution in [0.2, 0.25) is 0 Å². The maximum Gasteiger partial charge on any atom is 0.140 e. The molecule has 0 aliphatic carbocycles. The maximum atomic E-state index is 5.74. The van der Waals surface area contributed by atoms with E-state index >= 15 is 0 Å². The lowest BCUT2D eigenvalue weighted by Crippen LogP contribution is -2.51. The molecule has 2 fully saturated rings. The monoisotopic (exact) mass is 261 g/mol. The van der Waals surface area contributed by atoms with Crippen LogP contribution >= 0.6 is 0 Å². The summed E-state index contributed by atoms with van der Waals surface area (Å²) in [4.78, 5) is 6.80. The quantitative estimate of drug-likeness (QED) is 0.902. The number of fused-ring (bicyclic) bond motifs is 2. The zero-order valence-corrected chi connectivity index (χ0v) is 11.8. The third-order valence-corrected chi connectivity index (χ3v) is 3.93. The molecule has 2 saturated heterocycles. The van der Waals surface area contributed by atoms with Gasteiger partial charge in [-0.3, -0.25) is 4.98 Å². The van der Waals surface area contributed by atoms with Crippen molar-refractivity contribution in [2.45, 2.75) is 26.4 Å². The van der Waals surface area contributed by atoms with Crippen molar-refractivity contribution < 1.29 is 4.74 Å². The van der Waals surface area contributed by atoms with Crippen LogP contribution in [-0.4, -0.2) is 37.3 Å². The molecule has 1 aromatic rings. The Morgan fingerprint density at radius 2 is 2.00 bits per heavy atom. The van der Waals surface area contributed by atoms with E-state index in [1.54, 1.807) is 6.20 Å². The zero-order valence-electron chi connectivity index (χ0n) is 11.8. The highest BCUT2D eigenvalue weighted by molar-refractivity contribution is 5.48. The minimum absolute atomic E-state index is 0.196. The lowest BCUT2D eigenvalue weighted by molar-refractivity contribution is 0.240. The smallest absolute Gasteiger partial charge is 0.140 e. The van der Waals surface area contributed by atoms with Gasteiger partial charge in [-0.25, -0.2) is 0 Å². The van der Waals surface area contributed by atoms with Crippen molar-refractivity contribution in [3.05, 3.63) is 18.5 Å². The molecule has 2 unspecified atom stereocenters. The summed E-state index contributed by atoms with van der Waals surface area (Å²) in [5.41, 5.74) is 1.20. The summed E-state index contributed by atoms with van der Waals surface area (Å²) >= 11 is 0. The number of hydrogen-bond acceptors (Lipinski definition) is 4. The number of hydrogen-bond donors (Lipinski definition) is 1. The summed E-state index contributed by atoms with van der Waals surface area (Å²) in [6, 6.07) is 2.13. The van der Waals surface area contributed by atoms with E-state index < -0.39 is 0 Å². The molecule has 19 heavy (non-hydrogen) atoms. The number of pyridine rings is 1. The van der Waals surface area contributed by atoms with Gasteiger partial charge in [0.05, 0.1) is 24.2 Å². The van der Waals surface area contributed by atoms with E-state index in [1.807, 2.05) is 20.0 Å². The van der Waals surface area contributed by atoms with Crippen LogP contribution in [0, 0.1) is 11.8 Å². The fraction of sp³-hybridized carbons (Fsp3) is 0.667. The second kappa shape index (κ2) is 5.37. The number of nitrogens with one attached hydrogen (secondary N) is 1. The van der Waals surface area contributed by atoms with E-state index in [0.29, 0.717) is 0 Å². The average Bonchev–Trinajstić information content (AvgIpc) is 2.38. The molecule has 2 aliphatic heterocycles. The van der Waals surface area contributed by atoms with Crippen LogP contribution in [0.5, 0.6) is 5.75 Å². The lowest BCUT2D eigenvalue weighted by Gasteiger charge is -2.42. The Balaban J connectivity index is 1.74. The molecule has 0 spiro atoms. The summed E-state index contributed by atoms with van der Waals surface area (Å²) in [6.07, 6.45) is 5.33. The minimum atomic E-state index is 0.196. The van der Waals surface area contributed by atoms with Crippen molar-refractivity contribution >= 4 is 5.69 Å². The Kier molecular flexibility index (Phi) is 3.60. The summed E-state index contributed by atoms with van der Waals surface area (Å²) in [5.74, 6) is 2.44. The number of anilines is 1. The van der Waals surface area contributed by atoms with Crippen LogP contribution in [0.4, 0.5) is 5.69 Å². The number of piperidine rings is 2. The predicted octanol–water partition coefficient (Wildman–Crippen LogP) is 1.91. The Labute approximate surface area is 115 Å². The third-order valence-electron chi connectivity index (χ3n) is 3.93. The van der Waals surface area contributed by atoms with Crippen molar-refractivity contribution in [1.29, 1.82) is 0 Å². The normalized spacial score (nSPS) is 26.6. The molecule has 4 nitrogen and oxygen atoms in total. The van der Waals surface area contributed by atoms with Gasteiger partial charge in [-0.2, -0.15) is 0 Å². The van der Waals surface area contributed by atoms with Crippen LogP contribution in [0.15, 0.2) is 18.5 Å². The Morgan fingerprint density at radius 3 is 2.68 bits per heavy atom. The number of aromatic nitrogens is 1. The molecule has 104 valence electrons. The third kappa shape index (κ3) is 3.00. The molecule has 3 heterocycles. The molecule has 1 aromatic heterocycles. The van der Waals surface area contributed by atoms with E-state index in [2.05, 4.69) is 21.3 Å². The van der Waals surface area contributed by atoms with E-state index in [1.165, 1.54) is 12.1 Å². The van der Waals surface area contributed by atoms with Gasteiger partial charge in [0.15, 0.2) is 0 Å². The topological polar surface area (TPSA) is 37.4 Å². The molecular weight excluding hydrogens is 238 g/mol. The highest BCUT2D eigenvalue weighted by Gasteiger charge is 2.30. The largest absolute Gasteiger partial charge is 0.489 e. The second-order valence-electron chi connectivity index (χ2n) is 6.08. The summed E-state index contributed by atoms with van der Waals surface area (Å²) < 4.78 is 5.74. The molecule has 0 saturated carbocycles. The first-order valence-corrected chi connectivity index (χ1v) is 7.28. The summed E-state index contributed by atoms with van der Waals surface area (Å²) in [7, 11) is 0. The fourth-order valence-electron chi connectivity index (χ4n) is 3.23. The first-order valence-electron chi connectivity index (χ1n) is 7.28. The number of nitrogens with zero attached hydrogens (tertiary/aromatic N) is 2. The first-order chi connectivity index (χ1) is 9.20. The van der Waals surface area contributed by atoms with Gasteiger partial charge in [0.25, 0.3) is 0 Å². The van der Waals surface area contributed by atoms with Crippen molar-refractivity contribution in [3.63, 3.8) is 0 Å². The van der Waals surface area contributed by atoms with Crippen LogP contribution in [0.25, 0.3) is 0 Å². The SMILES string of the molecule is CC(C)Oc1cncc(N2CC3CNCC(C3)C2)c1. The summed E-state index contributed by atoms with van der Waals surface area (Å²) in [6.45, 7) is 8.67. The van der Waals surface area contributed by atoms with Gasteiger partial charge < -0.3 is 15.0 Å². The Bertz CT molecular complexity index is 423. The zero-order chi connectivity index (χ0) is 13.2. The standard InChI is InChI=1S/C15H23N3O/c1-11(2)19-15-4-14(7-17-8-15)18-9-12-3-13(10-18)6-16-5-12/h4,7-8,11-13,16H,3,5-6,9-10H2,1-2H3. The van der Waals surface area contributed by atoms with E-state index in [-0.39, 0.29) is 6.10 Å². The fourth-order valence-corrected chi connectivity index (χ4v) is 3.23. The van der Waals surface area contributed by atoms with E-state index in [9.17, 15) is 0 Å². The van der Waals surface area contributed by atoms with E-state index in [4.69, 9.17) is 4.74 Å². The molecule has 0 aromatic carbocycles. The molecule has 2 atom stereocenters. The van der Waals surface area contributed by atoms with Crippen LogP contribution in [0.3, 0.4) is 0 Å². The van der Waals surface area contributed by atoms with Gasteiger partial charge in [0.2, 0.25) is 0 Å². The molecular formula is C15H23N3O. The van der Waals surface area contributed by atoms with Gasteiger partial charge in [-0.05, 0) is 45.2 Å². The van der Waals surface area contributed by atoms with Crippen molar-refractivity contribution in [2.24, 2.45) is 11.8 Å². The number of ether oxygens (including phenoxy) is 1. The molecule has 3 rings (SSSR count). The Morgan fingerprint density at radius 1 is 1.26 bits per heavy atom. The molecule has 0 amide bonds. The minimum Gasteiger partial charge on any atom is -0.489 e. The molecule has 2 aliphatic rings. The highest BCUT2D eigenvalue weighted by Crippen LogP contribution is 2.29. The van der Waals surface area contributed by atoms with Gasteiger partial charge in [0.1, 0.15) is 5.75 Å². The Hall–Kier alpha value is -1.29. The maximum absolute atomic E-state index is 5.74. The molecule has 1 N–H and O–H groups in total. The molecule has 4 heteroatoms. The van der Waals surface area contributed by atoms with Gasteiger partial charge >= 0.3 is 0 Å². The molecule has 0 radical (unpaired) electrons. The summed E-state index contributed by atoms with van der Waals surface area (Å²) in [5, 5.41) is 3.53. The molecule has 2 bridgehead atoms. The predicted molar refractivity (Wildman–Crippen MR) is 76.7 cm³/mol. The van der Waals surface area contributed by atoms with Gasteiger partial charge in [-0.1, -0.05) is 0 Å². The van der Waals surface area contributed by atoms with Crippen molar-refractivity contribution in [1.82, 2.24) is 10.3 Å². The van der Waals surface area contributed by atoms with Crippen molar-refractivity contribution in [3.8, 4) is 5.75 Å². The lowest BCUT2D eigenvalue weighted by atomic mass is 9.85. The average molecular weight is 261 g/mol. The van der Waals surface area contributed by atoms with Gasteiger partial charge in [0, 0.05) is 19.2 Å². The number of rotatable bonds is 3. The van der Waals surface area contributed by atoms with Gasteiger partial charge in [-0.15, -0.1) is 0 Å².